The monoisotopic (exact) mass is 480 g/mol. The van der Waals surface area contributed by atoms with Gasteiger partial charge in [0.1, 0.15) is 17.7 Å². The third-order valence-electron chi connectivity index (χ3n) is 7.01. The van der Waals surface area contributed by atoms with Gasteiger partial charge in [-0.05, 0) is 75.1 Å². The second-order valence-corrected chi connectivity index (χ2v) is 9.44. The third-order valence-corrected chi connectivity index (χ3v) is 7.01. The number of rotatable bonds is 4. The first-order valence-corrected chi connectivity index (χ1v) is 12.1. The molecule has 1 aliphatic rings. The molecule has 3 aromatic carbocycles. The van der Waals surface area contributed by atoms with E-state index in [0.29, 0.717) is 22.4 Å². The van der Waals surface area contributed by atoms with E-state index in [1.807, 2.05) is 48.0 Å². The normalized spacial score (nSPS) is 17.9. The molecular weight excluding hydrogens is 455 g/mol. The highest BCUT2D eigenvalue weighted by Crippen LogP contribution is 2.33. The minimum Gasteiger partial charge on any atom is -0.393 e. The molecule has 0 bridgehead atoms. The van der Waals surface area contributed by atoms with Crippen molar-refractivity contribution in [3.8, 4) is 23.1 Å². The van der Waals surface area contributed by atoms with Gasteiger partial charge in [-0.15, -0.1) is 0 Å². The number of nitrogens with zero attached hydrogens (tertiary/aromatic N) is 4. The first-order chi connectivity index (χ1) is 17.5. The summed E-state index contributed by atoms with van der Waals surface area (Å²) in [7, 11) is 0. The van der Waals surface area contributed by atoms with E-state index in [9.17, 15) is 14.8 Å². The van der Waals surface area contributed by atoms with Crippen molar-refractivity contribution < 1.29 is 9.50 Å². The van der Waals surface area contributed by atoms with Crippen molar-refractivity contribution >= 4 is 27.6 Å². The quantitative estimate of drug-likeness (QED) is 0.311. The van der Waals surface area contributed by atoms with Crippen LogP contribution in [-0.4, -0.2) is 37.0 Å². The van der Waals surface area contributed by atoms with Crippen molar-refractivity contribution in [1.82, 2.24) is 19.7 Å². The number of aromatic amines is 1. The van der Waals surface area contributed by atoms with Gasteiger partial charge in [0.15, 0.2) is 0 Å². The van der Waals surface area contributed by atoms with Crippen LogP contribution in [0.3, 0.4) is 0 Å². The minimum atomic E-state index is -0.311. The number of nitriles is 1. The zero-order chi connectivity index (χ0) is 24.8. The molecule has 0 unspecified atom stereocenters. The molecule has 0 saturated heterocycles. The number of hydrogen-bond acceptors (Lipinski definition) is 5. The molecule has 8 heteroatoms. The number of hydrogen-bond donors (Lipinski definition) is 3. The van der Waals surface area contributed by atoms with Crippen molar-refractivity contribution in [3.63, 3.8) is 0 Å². The van der Waals surface area contributed by atoms with Gasteiger partial charge in [0.2, 0.25) is 0 Å². The molecule has 1 saturated carbocycles. The van der Waals surface area contributed by atoms with Crippen LogP contribution in [0.25, 0.3) is 39.0 Å². The van der Waals surface area contributed by atoms with E-state index in [4.69, 9.17) is 5.10 Å². The summed E-state index contributed by atoms with van der Waals surface area (Å²) in [5, 5.41) is 28.8. The topological polar surface area (TPSA) is 103 Å². The van der Waals surface area contributed by atoms with Crippen molar-refractivity contribution in [3.05, 3.63) is 71.7 Å². The summed E-state index contributed by atoms with van der Waals surface area (Å²) in [6, 6.07) is 18.6. The highest BCUT2D eigenvalue weighted by atomic mass is 19.1. The Morgan fingerprint density at radius 2 is 1.94 bits per heavy atom. The van der Waals surface area contributed by atoms with Crippen molar-refractivity contribution in [1.29, 1.82) is 5.26 Å². The molecule has 2 heterocycles. The summed E-state index contributed by atoms with van der Waals surface area (Å²) < 4.78 is 15.6. The third kappa shape index (κ3) is 3.88. The lowest BCUT2D eigenvalue weighted by Crippen LogP contribution is -2.28. The molecule has 0 atom stereocenters. The predicted molar refractivity (Wildman–Crippen MR) is 137 cm³/mol. The molecule has 180 valence electrons. The first kappa shape index (κ1) is 22.3. The van der Waals surface area contributed by atoms with Gasteiger partial charge in [-0.3, -0.25) is 0 Å². The van der Waals surface area contributed by atoms with Crippen molar-refractivity contribution in [2.24, 2.45) is 0 Å². The van der Waals surface area contributed by atoms with Gasteiger partial charge in [-0.1, -0.05) is 12.1 Å². The van der Waals surface area contributed by atoms with Gasteiger partial charge in [-0.2, -0.15) is 10.4 Å². The Balaban J connectivity index is 1.42. The summed E-state index contributed by atoms with van der Waals surface area (Å²) in [6.45, 7) is 1.96. The van der Waals surface area contributed by atoms with Gasteiger partial charge in [0.25, 0.3) is 0 Å². The van der Waals surface area contributed by atoms with Crippen LogP contribution in [0.15, 0.2) is 54.6 Å². The van der Waals surface area contributed by atoms with Crippen LogP contribution >= 0.6 is 0 Å². The Hall–Kier alpha value is -4.22. The minimum absolute atomic E-state index is 0.219. The van der Waals surface area contributed by atoms with Gasteiger partial charge in [0.05, 0.1) is 45.3 Å². The van der Waals surface area contributed by atoms with E-state index >= 15 is 0 Å². The van der Waals surface area contributed by atoms with Crippen LogP contribution in [0.2, 0.25) is 0 Å². The van der Waals surface area contributed by atoms with E-state index in [1.165, 1.54) is 12.1 Å². The molecule has 0 spiro atoms. The molecule has 6 rings (SSSR count). The number of aliphatic hydroxyl groups is 1. The molecule has 5 aromatic rings. The predicted octanol–water partition coefficient (Wildman–Crippen LogP) is 5.60. The fraction of sp³-hybridized carbons (Fsp3) is 0.250. The molecular formula is C28H25FN6O. The zero-order valence-electron chi connectivity index (χ0n) is 19.8. The molecule has 2 aromatic heterocycles. The number of aromatic nitrogens is 4. The summed E-state index contributed by atoms with van der Waals surface area (Å²) in [4.78, 5) is 7.92. The Bertz CT molecular complexity index is 1640. The van der Waals surface area contributed by atoms with E-state index in [1.54, 1.807) is 6.07 Å². The highest BCUT2D eigenvalue weighted by molar-refractivity contribution is 5.97. The number of anilines is 1. The number of H-pyrrole nitrogens is 1. The van der Waals surface area contributed by atoms with E-state index in [2.05, 4.69) is 21.4 Å². The van der Waals surface area contributed by atoms with Crippen LogP contribution in [0, 0.1) is 24.1 Å². The molecule has 36 heavy (non-hydrogen) atoms. The SMILES string of the molecule is Cc1nn(-c2ccc(C#N)c(NC3CCC(O)CC3)c2)c2cccc(-c3nc4ccc(F)cc4[nH]3)c12. The van der Waals surface area contributed by atoms with Crippen LogP contribution in [0.4, 0.5) is 10.1 Å². The average molecular weight is 481 g/mol. The molecule has 1 fully saturated rings. The standard InChI is InChI=1S/C28H25FN6O/c1-16-27-22(28-32-23-12-6-18(29)13-25(23)33-28)3-2-4-26(27)35(34-16)20-9-5-17(15-30)24(14-20)31-19-7-10-21(36)11-8-19/h2-6,9,12-14,19,21,31,36H,7-8,10-11H2,1H3,(H,32,33). The number of benzene rings is 3. The van der Waals surface area contributed by atoms with E-state index < -0.39 is 0 Å². The van der Waals surface area contributed by atoms with Gasteiger partial charge in [0, 0.05) is 17.0 Å². The number of halogens is 1. The number of aliphatic hydroxyl groups excluding tert-OH is 1. The second kappa shape index (κ2) is 8.77. The van der Waals surface area contributed by atoms with E-state index in [0.717, 1.165) is 59.2 Å². The van der Waals surface area contributed by atoms with Crippen molar-refractivity contribution in [2.75, 3.05) is 5.32 Å². The molecule has 0 radical (unpaired) electrons. The fourth-order valence-corrected chi connectivity index (χ4v) is 5.18. The highest BCUT2D eigenvalue weighted by Gasteiger charge is 2.21. The Labute approximate surface area is 207 Å². The van der Waals surface area contributed by atoms with Crippen LogP contribution in [-0.2, 0) is 0 Å². The maximum absolute atomic E-state index is 13.7. The summed E-state index contributed by atoms with van der Waals surface area (Å²) in [5.74, 6) is 0.347. The Kier molecular flexibility index (Phi) is 5.42. The zero-order valence-corrected chi connectivity index (χ0v) is 19.8. The number of fused-ring (bicyclic) bond motifs is 2. The lowest BCUT2D eigenvalue weighted by molar-refractivity contribution is 0.126. The summed E-state index contributed by atoms with van der Waals surface area (Å²) >= 11 is 0. The smallest absolute Gasteiger partial charge is 0.139 e. The lowest BCUT2D eigenvalue weighted by atomic mass is 9.93. The molecule has 1 aliphatic carbocycles. The Morgan fingerprint density at radius 1 is 1.11 bits per heavy atom. The lowest BCUT2D eigenvalue weighted by Gasteiger charge is -2.27. The first-order valence-electron chi connectivity index (χ1n) is 12.1. The van der Waals surface area contributed by atoms with Crippen LogP contribution < -0.4 is 5.32 Å². The van der Waals surface area contributed by atoms with Gasteiger partial charge in [-0.25, -0.2) is 14.1 Å². The summed E-state index contributed by atoms with van der Waals surface area (Å²) in [5.41, 5.74) is 6.17. The van der Waals surface area contributed by atoms with Gasteiger partial charge < -0.3 is 15.4 Å². The molecule has 0 aliphatic heterocycles. The van der Waals surface area contributed by atoms with Gasteiger partial charge >= 0.3 is 0 Å². The molecule has 3 N–H and O–H groups in total. The number of imidazole rings is 1. The summed E-state index contributed by atoms with van der Waals surface area (Å²) in [6.07, 6.45) is 3.03. The number of aryl methyl sites for hydroxylation is 1. The molecule has 7 nitrogen and oxygen atoms in total. The van der Waals surface area contributed by atoms with Crippen LogP contribution in [0.5, 0.6) is 0 Å². The average Bonchev–Trinajstić information content (AvgIpc) is 3.46. The molecule has 0 amide bonds. The fourth-order valence-electron chi connectivity index (χ4n) is 5.18. The number of nitrogens with one attached hydrogen (secondary N) is 2. The maximum Gasteiger partial charge on any atom is 0.139 e. The van der Waals surface area contributed by atoms with Crippen LogP contribution in [0.1, 0.15) is 36.9 Å². The largest absolute Gasteiger partial charge is 0.393 e. The van der Waals surface area contributed by atoms with E-state index in [-0.39, 0.29) is 18.0 Å². The maximum atomic E-state index is 13.7. The second-order valence-electron chi connectivity index (χ2n) is 9.44. The Morgan fingerprint density at radius 3 is 2.75 bits per heavy atom. The van der Waals surface area contributed by atoms with Crippen molar-refractivity contribution in [2.45, 2.75) is 44.8 Å².